The number of nitrogens with zero attached hydrogens (tertiary/aromatic N) is 2. The van der Waals surface area contributed by atoms with Gasteiger partial charge in [0.15, 0.2) is 0 Å². The van der Waals surface area contributed by atoms with Crippen molar-refractivity contribution in [2.24, 2.45) is 0 Å². The number of aromatic nitrogens is 2. The van der Waals surface area contributed by atoms with Gasteiger partial charge in [-0.05, 0) is 35.7 Å². The quantitative estimate of drug-likeness (QED) is 0.167. The van der Waals surface area contributed by atoms with Crippen molar-refractivity contribution >= 4 is 21.5 Å². The average molecular weight is 782 g/mol. The van der Waals surface area contributed by atoms with Gasteiger partial charge < -0.3 is 4.74 Å². The van der Waals surface area contributed by atoms with Crippen molar-refractivity contribution in [3.63, 3.8) is 0 Å². The van der Waals surface area contributed by atoms with Crippen LogP contribution in [0.1, 0.15) is 22.5 Å². The molecule has 0 unspecified atom stereocenters. The van der Waals surface area contributed by atoms with E-state index in [4.69, 9.17) is 14.7 Å². The minimum Gasteiger partial charge on any atom is -0.457 e. The first-order valence-corrected chi connectivity index (χ1v) is 15.4. The summed E-state index contributed by atoms with van der Waals surface area (Å²) in [7, 11) is 0. The Hall–Kier alpha value is -5.37. The third kappa shape index (κ3) is 4.61. The number of benzene rings is 6. The summed E-state index contributed by atoms with van der Waals surface area (Å²) >= 11 is 0. The number of ether oxygens (including phenoxy) is 1. The number of para-hydroxylation sites is 2. The summed E-state index contributed by atoms with van der Waals surface area (Å²) in [6.45, 7) is 0. The Morgan fingerprint density at radius 3 is 1.40 bits per heavy atom. The van der Waals surface area contributed by atoms with Crippen LogP contribution in [0.25, 0.3) is 44.1 Å². The fourth-order valence-electron chi connectivity index (χ4n) is 6.99. The molecule has 4 heteroatoms. The van der Waals surface area contributed by atoms with Crippen molar-refractivity contribution in [1.29, 1.82) is 0 Å². The van der Waals surface area contributed by atoms with Crippen molar-refractivity contribution in [3.05, 3.63) is 192 Å². The van der Waals surface area contributed by atoms with Crippen molar-refractivity contribution in [3.8, 4) is 34.0 Å². The molecular formula is C43H26N2OPt. The normalized spacial score (nSPS) is 12.9. The first-order valence-electron chi connectivity index (χ1n) is 15.4. The first kappa shape index (κ1) is 29.1. The molecule has 3 heterocycles. The van der Waals surface area contributed by atoms with E-state index in [9.17, 15) is 0 Å². The topological polar surface area (TPSA) is 35.0 Å². The summed E-state index contributed by atoms with van der Waals surface area (Å²) in [5, 5.41) is 4.53. The molecule has 8 aromatic rings. The maximum atomic E-state index is 6.55. The van der Waals surface area contributed by atoms with Crippen LogP contribution < -0.4 is 4.74 Å². The van der Waals surface area contributed by atoms with Gasteiger partial charge in [-0.15, -0.1) is 58.3 Å². The second-order valence-corrected chi connectivity index (χ2v) is 11.5. The van der Waals surface area contributed by atoms with Crippen LogP contribution in [0.2, 0.25) is 0 Å². The van der Waals surface area contributed by atoms with Crippen molar-refractivity contribution in [2.45, 2.75) is 5.41 Å². The predicted molar refractivity (Wildman–Crippen MR) is 184 cm³/mol. The van der Waals surface area contributed by atoms with Crippen LogP contribution in [0.3, 0.4) is 0 Å². The van der Waals surface area contributed by atoms with E-state index >= 15 is 0 Å². The van der Waals surface area contributed by atoms with E-state index in [1.807, 2.05) is 36.4 Å². The first-order chi connectivity index (χ1) is 22.8. The van der Waals surface area contributed by atoms with E-state index < -0.39 is 5.41 Å². The maximum Gasteiger partial charge on any atom is 2.00 e. The molecule has 1 aliphatic heterocycles. The van der Waals surface area contributed by atoms with Gasteiger partial charge in [-0.3, -0.25) is 9.97 Å². The largest absolute Gasteiger partial charge is 2.00 e. The van der Waals surface area contributed by atoms with Gasteiger partial charge in [0, 0.05) is 11.1 Å². The van der Waals surface area contributed by atoms with E-state index in [1.165, 1.54) is 0 Å². The molecule has 2 aromatic heterocycles. The van der Waals surface area contributed by atoms with Gasteiger partial charge >= 0.3 is 21.1 Å². The average Bonchev–Trinajstić information content (AvgIpc) is 3.13. The molecule has 3 nitrogen and oxygen atoms in total. The Bertz CT molecular complexity index is 2250. The van der Waals surface area contributed by atoms with Crippen LogP contribution in [-0.2, 0) is 26.5 Å². The van der Waals surface area contributed by atoms with Crippen molar-refractivity contribution < 1.29 is 25.8 Å². The molecule has 224 valence electrons. The molecule has 1 aliphatic rings. The predicted octanol–water partition coefficient (Wildman–Crippen LogP) is 10.2. The van der Waals surface area contributed by atoms with Crippen LogP contribution >= 0.6 is 0 Å². The molecule has 6 aromatic carbocycles. The minimum atomic E-state index is -0.868. The zero-order chi connectivity index (χ0) is 30.5. The summed E-state index contributed by atoms with van der Waals surface area (Å²) in [6, 6.07) is 61.0. The van der Waals surface area contributed by atoms with E-state index in [0.717, 1.165) is 78.1 Å². The molecular weight excluding hydrogens is 756 g/mol. The summed E-state index contributed by atoms with van der Waals surface area (Å²) in [6.07, 6.45) is 0. The molecule has 0 saturated carbocycles. The zero-order valence-electron chi connectivity index (χ0n) is 25.1. The molecule has 9 rings (SSSR count). The van der Waals surface area contributed by atoms with Crippen LogP contribution in [0.5, 0.6) is 11.5 Å². The molecule has 0 bridgehead atoms. The summed E-state index contributed by atoms with van der Waals surface area (Å²) < 4.78 is 6.55. The Morgan fingerprint density at radius 2 is 0.894 bits per heavy atom. The molecule has 0 saturated heterocycles. The summed E-state index contributed by atoms with van der Waals surface area (Å²) in [5.74, 6) is 1.57. The molecule has 0 spiro atoms. The smallest absolute Gasteiger partial charge is 0.457 e. The number of rotatable bonds is 4. The second-order valence-electron chi connectivity index (χ2n) is 11.5. The molecule has 0 N–H and O–H groups in total. The number of hydrogen-bond acceptors (Lipinski definition) is 3. The third-order valence-electron chi connectivity index (χ3n) is 9.02. The van der Waals surface area contributed by atoms with Crippen molar-refractivity contribution in [1.82, 2.24) is 9.97 Å². The molecule has 0 aliphatic carbocycles. The Morgan fingerprint density at radius 1 is 0.447 bits per heavy atom. The third-order valence-corrected chi connectivity index (χ3v) is 9.02. The number of hydrogen-bond donors (Lipinski definition) is 0. The maximum absolute atomic E-state index is 6.55. The van der Waals surface area contributed by atoms with Gasteiger partial charge in [0.05, 0.1) is 11.4 Å². The van der Waals surface area contributed by atoms with Gasteiger partial charge in [-0.2, -0.15) is 0 Å². The molecule has 0 fully saturated rings. The fraction of sp³-hybridized carbons (Fsp3) is 0.0233. The molecule has 0 radical (unpaired) electrons. The minimum absolute atomic E-state index is 0. The molecule has 0 amide bonds. The Kier molecular flexibility index (Phi) is 7.28. The molecule has 47 heavy (non-hydrogen) atoms. The van der Waals surface area contributed by atoms with E-state index in [1.54, 1.807) is 0 Å². The zero-order valence-corrected chi connectivity index (χ0v) is 27.4. The van der Waals surface area contributed by atoms with Crippen LogP contribution in [-0.4, -0.2) is 9.97 Å². The standard InChI is InChI=1S/C43H26N2O.Pt/c1-3-17-31-29(13-1)15-9-19-33(31)37-23-11-27-41(44-37)43(35-21-5-7-25-39(35)46-40-26-8-6-22-36(40)43)42-28-12-24-38(45-42)34-20-10-16-30-14-2-4-18-32(30)34;/h1-18,21-28H;/q-2;+2. The van der Waals surface area contributed by atoms with Gasteiger partial charge in [0.2, 0.25) is 0 Å². The van der Waals surface area contributed by atoms with E-state index in [-0.39, 0.29) is 21.1 Å². The Labute approximate surface area is 287 Å². The number of fused-ring (bicyclic) bond motifs is 4. The van der Waals surface area contributed by atoms with Gasteiger partial charge in [-0.25, -0.2) is 0 Å². The summed E-state index contributed by atoms with van der Waals surface area (Å²) in [4.78, 5) is 11.0. The monoisotopic (exact) mass is 781 g/mol. The van der Waals surface area contributed by atoms with Gasteiger partial charge in [-0.1, -0.05) is 120 Å². The van der Waals surface area contributed by atoms with Crippen LogP contribution in [0.4, 0.5) is 0 Å². The van der Waals surface area contributed by atoms with E-state index in [0.29, 0.717) is 0 Å². The summed E-state index contributed by atoms with van der Waals surface area (Å²) in [5.41, 5.74) is 6.49. The SMILES string of the molecule is [Pt+2].[c-]1ccc2ccccc2c1-c1cccc(C2(c3cccc(-c4[c-]ccc5ccccc45)n3)c3ccccc3Oc3ccccc32)n1. The van der Waals surface area contributed by atoms with Gasteiger partial charge in [0.25, 0.3) is 0 Å². The Balaban J connectivity index is 0.00000324. The second kappa shape index (κ2) is 11.8. The van der Waals surface area contributed by atoms with Crippen LogP contribution in [0.15, 0.2) is 158 Å². The van der Waals surface area contributed by atoms with E-state index in [2.05, 4.69) is 133 Å². The number of pyridine rings is 2. The molecule has 0 atom stereocenters. The van der Waals surface area contributed by atoms with Gasteiger partial charge in [0.1, 0.15) is 16.9 Å². The fourth-order valence-corrected chi connectivity index (χ4v) is 6.99. The van der Waals surface area contributed by atoms with Crippen LogP contribution in [0, 0.1) is 12.1 Å². The van der Waals surface area contributed by atoms with Crippen molar-refractivity contribution in [2.75, 3.05) is 0 Å².